The van der Waals surface area contributed by atoms with Gasteiger partial charge in [0.15, 0.2) is 0 Å². The van der Waals surface area contributed by atoms with Crippen LogP contribution < -0.4 is 0 Å². The maximum atomic E-state index is 10.1. The Balaban J connectivity index is 1.26. The third-order valence-electron chi connectivity index (χ3n) is 5.07. The molecular weight excluding hydrogens is 328 g/mol. The molecule has 0 saturated heterocycles. The van der Waals surface area contributed by atoms with Crippen LogP contribution in [0, 0.1) is 0 Å². The van der Waals surface area contributed by atoms with Crippen LogP contribution in [0.25, 0.3) is 16.5 Å². The molecule has 0 amide bonds. The van der Waals surface area contributed by atoms with E-state index in [1.807, 2.05) is 29.7 Å². The van der Waals surface area contributed by atoms with Crippen LogP contribution in [0.5, 0.6) is 5.75 Å². The lowest BCUT2D eigenvalue weighted by Gasteiger charge is -2.25. The highest BCUT2D eigenvalue weighted by Crippen LogP contribution is 2.29. The van der Waals surface area contributed by atoms with Crippen LogP contribution in [0.1, 0.15) is 29.7 Å². The van der Waals surface area contributed by atoms with Crippen molar-refractivity contribution in [1.82, 2.24) is 9.88 Å². The van der Waals surface area contributed by atoms with Gasteiger partial charge in [-0.3, -0.25) is 4.90 Å². The Morgan fingerprint density at radius 1 is 1.16 bits per heavy atom. The van der Waals surface area contributed by atoms with Crippen LogP contribution >= 0.6 is 11.3 Å². The van der Waals surface area contributed by atoms with E-state index in [0.717, 1.165) is 49.8 Å². The highest BCUT2D eigenvalue weighted by Gasteiger charge is 2.13. The smallest absolute Gasteiger partial charge is 0.125 e. The standard InChI is InChI=1S/C21H24N2OS/c24-19-7-3-6-18-21(19)17(15-22-18)5-1-2-11-23-12-9-16(10-13-23)20-8-4-14-25-20/h3-4,6-9,14-15,22,24H,1-2,5,10-13H2. The zero-order chi connectivity index (χ0) is 17.1. The molecule has 0 atom stereocenters. The fraction of sp³-hybridized carbons (Fsp3) is 0.333. The van der Waals surface area contributed by atoms with E-state index in [-0.39, 0.29) is 0 Å². The Kier molecular flexibility index (Phi) is 4.90. The van der Waals surface area contributed by atoms with E-state index in [1.165, 1.54) is 22.4 Å². The SMILES string of the molecule is Oc1cccc2[nH]cc(CCCCN3CC=C(c4cccs4)CC3)c12. The number of rotatable bonds is 6. The first-order chi connectivity index (χ1) is 12.3. The van der Waals surface area contributed by atoms with E-state index in [1.54, 1.807) is 6.07 Å². The number of nitrogens with zero attached hydrogens (tertiary/aromatic N) is 1. The maximum Gasteiger partial charge on any atom is 0.125 e. The average molecular weight is 353 g/mol. The van der Waals surface area contributed by atoms with Crippen molar-refractivity contribution in [3.63, 3.8) is 0 Å². The predicted octanol–water partition coefficient (Wildman–Crippen LogP) is 5.05. The second kappa shape index (κ2) is 7.46. The summed E-state index contributed by atoms with van der Waals surface area (Å²) in [4.78, 5) is 7.24. The summed E-state index contributed by atoms with van der Waals surface area (Å²) in [5.74, 6) is 0.385. The number of phenolic OH excluding ortho intramolecular Hbond substituents is 1. The number of aromatic nitrogens is 1. The number of phenols is 1. The lowest BCUT2D eigenvalue weighted by Crippen LogP contribution is -2.29. The number of nitrogens with one attached hydrogen (secondary N) is 1. The number of fused-ring (bicyclic) bond motifs is 1. The molecule has 2 aromatic heterocycles. The molecule has 0 radical (unpaired) electrons. The molecule has 3 aromatic rings. The number of aromatic hydroxyl groups is 1. The fourth-order valence-corrected chi connectivity index (χ4v) is 4.48. The number of H-pyrrole nitrogens is 1. The Labute approximate surface area is 152 Å². The molecule has 0 aliphatic carbocycles. The Bertz CT molecular complexity index is 863. The molecule has 25 heavy (non-hydrogen) atoms. The van der Waals surface area contributed by atoms with Gasteiger partial charge in [0.05, 0.1) is 0 Å². The van der Waals surface area contributed by atoms with Gasteiger partial charge in [-0.25, -0.2) is 0 Å². The van der Waals surface area contributed by atoms with Crippen molar-refractivity contribution in [2.75, 3.05) is 19.6 Å². The quantitative estimate of drug-likeness (QED) is 0.610. The largest absolute Gasteiger partial charge is 0.507 e. The van der Waals surface area contributed by atoms with Crippen LogP contribution in [0.4, 0.5) is 0 Å². The zero-order valence-corrected chi connectivity index (χ0v) is 15.2. The average Bonchev–Trinajstić information content (AvgIpc) is 3.30. The van der Waals surface area contributed by atoms with Gasteiger partial charge >= 0.3 is 0 Å². The molecule has 0 saturated carbocycles. The first-order valence-electron chi connectivity index (χ1n) is 9.04. The van der Waals surface area contributed by atoms with Crippen molar-refractivity contribution in [2.24, 2.45) is 0 Å². The van der Waals surface area contributed by atoms with E-state index >= 15 is 0 Å². The molecule has 0 unspecified atom stereocenters. The van der Waals surface area contributed by atoms with Crippen molar-refractivity contribution >= 4 is 27.8 Å². The minimum absolute atomic E-state index is 0.385. The molecule has 1 aromatic carbocycles. The maximum absolute atomic E-state index is 10.1. The number of unbranched alkanes of at least 4 members (excludes halogenated alkanes) is 1. The molecule has 3 nitrogen and oxygen atoms in total. The van der Waals surface area contributed by atoms with E-state index in [4.69, 9.17) is 0 Å². The molecule has 0 bridgehead atoms. The fourth-order valence-electron chi connectivity index (χ4n) is 3.68. The summed E-state index contributed by atoms with van der Waals surface area (Å²) >= 11 is 1.84. The van der Waals surface area contributed by atoms with Crippen molar-refractivity contribution in [3.8, 4) is 5.75 Å². The van der Waals surface area contributed by atoms with Gasteiger partial charge in [-0.1, -0.05) is 18.2 Å². The van der Waals surface area contributed by atoms with Crippen LogP contribution in [-0.2, 0) is 6.42 Å². The minimum Gasteiger partial charge on any atom is -0.507 e. The second-order valence-corrected chi connectivity index (χ2v) is 7.68. The molecule has 3 heterocycles. The van der Waals surface area contributed by atoms with Gasteiger partial charge in [0.25, 0.3) is 0 Å². The van der Waals surface area contributed by atoms with E-state index in [9.17, 15) is 5.11 Å². The summed E-state index contributed by atoms with van der Waals surface area (Å²) in [6.45, 7) is 3.39. The number of thiophene rings is 1. The van der Waals surface area contributed by atoms with Crippen LogP contribution in [-0.4, -0.2) is 34.6 Å². The Morgan fingerprint density at radius 2 is 2.12 bits per heavy atom. The van der Waals surface area contributed by atoms with Crippen molar-refractivity contribution in [2.45, 2.75) is 25.7 Å². The van der Waals surface area contributed by atoms with Crippen LogP contribution in [0.2, 0.25) is 0 Å². The number of aromatic amines is 1. The first kappa shape index (κ1) is 16.4. The second-order valence-electron chi connectivity index (χ2n) is 6.73. The van der Waals surface area contributed by atoms with Gasteiger partial charge in [0.2, 0.25) is 0 Å². The van der Waals surface area contributed by atoms with E-state index < -0.39 is 0 Å². The summed E-state index contributed by atoms with van der Waals surface area (Å²) < 4.78 is 0. The number of aryl methyl sites for hydroxylation is 1. The zero-order valence-electron chi connectivity index (χ0n) is 14.4. The lowest BCUT2D eigenvalue weighted by atomic mass is 10.0. The van der Waals surface area contributed by atoms with Gasteiger partial charge < -0.3 is 10.1 Å². The van der Waals surface area contributed by atoms with Gasteiger partial charge in [0.1, 0.15) is 5.75 Å². The van der Waals surface area contributed by atoms with Crippen LogP contribution in [0.3, 0.4) is 0 Å². The monoisotopic (exact) mass is 352 g/mol. The molecule has 4 rings (SSSR count). The van der Waals surface area contributed by atoms with Crippen molar-refractivity contribution in [3.05, 3.63) is 58.4 Å². The van der Waals surface area contributed by atoms with Gasteiger partial charge in [0, 0.05) is 35.1 Å². The lowest BCUT2D eigenvalue weighted by molar-refractivity contribution is 0.295. The van der Waals surface area contributed by atoms with Gasteiger partial charge in [-0.2, -0.15) is 0 Å². The summed E-state index contributed by atoms with van der Waals surface area (Å²) in [6, 6.07) is 10.0. The van der Waals surface area contributed by atoms with Crippen molar-refractivity contribution in [1.29, 1.82) is 0 Å². The molecule has 0 spiro atoms. The summed E-state index contributed by atoms with van der Waals surface area (Å²) in [6.07, 6.45) is 8.97. The van der Waals surface area contributed by atoms with Crippen molar-refractivity contribution < 1.29 is 5.11 Å². The van der Waals surface area contributed by atoms with Gasteiger partial charge in [-0.15, -0.1) is 11.3 Å². The molecule has 1 aliphatic rings. The van der Waals surface area contributed by atoms with E-state index in [2.05, 4.69) is 33.5 Å². The minimum atomic E-state index is 0.385. The third kappa shape index (κ3) is 3.65. The molecular formula is C21H24N2OS. The molecule has 1 aliphatic heterocycles. The Morgan fingerprint density at radius 3 is 2.92 bits per heavy atom. The van der Waals surface area contributed by atoms with E-state index in [0.29, 0.717) is 5.75 Å². The summed E-state index contributed by atoms with van der Waals surface area (Å²) in [5.41, 5.74) is 3.77. The number of hydrogen-bond donors (Lipinski definition) is 2. The third-order valence-corrected chi connectivity index (χ3v) is 6.01. The summed E-state index contributed by atoms with van der Waals surface area (Å²) in [7, 11) is 0. The molecule has 0 fully saturated rings. The number of benzene rings is 1. The van der Waals surface area contributed by atoms with Gasteiger partial charge in [-0.05, 0) is 66.9 Å². The Hall–Kier alpha value is -2.04. The predicted molar refractivity (Wildman–Crippen MR) is 106 cm³/mol. The molecule has 130 valence electrons. The first-order valence-corrected chi connectivity index (χ1v) is 9.92. The summed E-state index contributed by atoms with van der Waals surface area (Å²) in [5, 5.41) is 13.2. The topological polar surface area (TPSA) is 39.3 Å². The number of hydrogen-bond acceptors (Lipinski definition) is 3. The van der Waals surface area contributed by atoms with Crippen LogP contribution in [0.15, 0.2) is 48.0 Å². The molecule has 4 heteroatoms. The normalized spacial score (nSPS) is 15.6. The highest BCUT2D eigenvalue weighted by atomic mass is 32.1. The molecule has 2 N–H and O–H groups in total. The highest BCUT2D eigenvalue weighted by molar-refractivity contribution is 7.11.